The molecule has 1 N–H and O–H groups in total. The van der Waals surface area contributed by atoms with Gasteiger partial charge in [0.1, 0.15) is 11.6 Å². The molecule has 2 atom stereocenters. The SMILES string of the molecule is COc1ccc2c(c1)N1CCN(c3ccc(F)cc3)C[C@@H]1[C@@H](C(=O)NC1CC1)C2. The summed E-state index contributed by atoms with van der Waals surface area (Å²) in [4.78, 5) is 17.7. The number of carbonyl (C=O) groups is 1. The van der Waals surface area contributed by atoms with Crippen LogP contribution in [0.2, 0.25) is 0 Å². The van der Waals surface area contributed by atoms with Gasteiger partial charge in [0, 0.05) is 43.1 Å². The number of amides is 1. The van der Waals surface area contributed by atoms with Crippen molar-refractivity contribution in [3.63, 3.8) is 0 Å². The average Bonchev–Trinajstić information content (AvgIpc) is 3.56. The molecule has 29 heavy (non-hydrogen) atoms. The number of nitrogens with zero attached hydrogens (tertiary/aromatic N) is 2. The van der Waals surface area contributed by atoms with E-state index in [0.29, 0.717) is 6.04 Å². The first kappa shape index (κ1) is 18.3. The highest BCUT2D eigenvalue weighted by Crippen LogP contribution is 2.39. The third-order valence-corrected chi connectivity index (χ3v) is 6.38. The minimum atomic E-state index is -0.229. The number of methoxy groups -OCH3 is 1. The summed E-state index contributed by atoms with van der Waals surface area (Å²) in [5, 5.41) is 3.21. The van der Waals surface area contributed by atoms with E-state index in [9.17, 15) is 9.18 Å². The number of nitrogens with one attached hydrogen (secondary N) is 1. The van der Waals surface area contributed by atoms with Gasteiger partial charge in [0.15, 0.2) is 0 Å². The standard InChI is InChI=1S/C23H26FN3O2/c1-29-19-9-2-15-12-20(23(28)25-17-5-6-17)22-14-26(10-11-27(22)21(15)13-19)18-7-3-16(24)4-8-18/h2-4,7-9,13,17,20,22H,5-6,10-12,14H2,1H3,(H,25,28)/t20-,22+/m0/s1. The Hall–Kier alpha value is -2.76. The van der Waals surface area contributed by atoms with Gasteiger partial charge in [0.2, 0.25) is 5.91 Å². The smallest absolute Gasteiger partial charge is 0.225 e. The van der Waals surface area contributed by atoms with Gasteiger partial charge in [-0.05, 0) is 55.2 Å². The highest BCUT2D eigenvalue weighted by atomic mass is 19.1. The van der Waals surface area contributed by atoms with Crippen molar-refractivity contribution < 1.29 is 13.9 Å². The number of fused-ring (bicyclic) bond motifs is 3. The van der Waals surface area contributed by atoms with Crippen molar-refractivity contribution in [2.75, 3.05) is 36.5 Å². The van der Waals surface area contributed by atoms with Gasteiger partial charge in [-0.1, -0.05) is 6.07 Å². The second-order valence-corrected chi connectivity index (χ2v) is 8.27. The maximum absolute atomic E-state index is 13.4. The van der Waals surface area contributed by atoms with E-state index in [2.05, 4.69) is 27.2 Å². The molecule has 0 radical (unpaired) electrons. The predicted octanol–water partition coefficient (Wildman–Crippen LogP) is 2.98. The molecule has 3 aliphatic rings. The Morgan fingerprint density at radius 3 is 2.66 bits per heavy atom. The maximum atomic E-state index is 13.4. The molecular weight excluding hydrogens is 369 g/mol. The van der Waals surface area contributed by atoms with E-state index in [0.717, 1.165) is 50.3 Å². The zero-order chi connectivity index (χ0) is 20.0. The molecule has 1 amide bonds. The molecule has 2 fully saturated rings. The summed E-state index contributed by atoms with van der Waals surface area (Å²) in [6.07, 6.45) is 2.90. The molecule has 6 heteroatoms. The number of halogens is 1. The van der Waals surface area contributed by atoms with Gasteiger partial charge in [-0.25, -0.2) is 4.39 Å². The van der Waals surface area contributed by atoms with Crippen LogP contribution in [0.4, 0.5) is 15.8 Å². The Morgan fingerprint density at radius 2 is 1.93 bits per heavy atom. The Balaban J connectivity index is 1.46. The Morgan fingerprint density at radius 1 is 1.14 bits per heavy atom. The lowest BCUT2D eigenvalue weighted by Gasteiger charge is -2.49. The third kappa shape index (κ3) is 3.52. The lowest BCUT2D eigenvalue weighted by atomic mass is 9.83. The van der Waals surface area contributed by atoms with E-state index in [1.165, 1.54) is 23.4 Å². The molecule has 2 aromatic carbocycles. The molecule has 0 aromatic heterocycles. The molecule has 2 aliphatic heterocycles. The number of anilines is 2. The van der Waals surface area contributed by atoms with Crippen LogP contribution in [0.1, 0.15) is 18.4 Å². The molecule has 0 spiro atoms. The minimum absolute atomic E-state index is 0.0761. The number of hydrogen-bond donors (Lipinski definition) is 1. The average molecular weight is 395 g/mol. The monoisotopic (exact) mass is 395 g/mol. The number of carbonyl (C=O) groups excluding carboxylic acids is 1. The quantitative estimate of drug-likeness (QED) is 0.865. The third-order valence-electron chi connectivity index (χ3n) is 6.38. The van der Waals surface area contributed by atoms with Crippen molar-refractivity contribution in [1.29, 1.82) is 0 Å². The second-order valence-electron chi connectivity index (χ2n) is 8.27. The molecule has 1 saturated heterocycles. The predicted molar refractivity (Wildman–Crippen MR) is 111 cm³/mol. The Labute approximate surface area is 170 Å². The topological polar surface area (TPSA) is 44.8 Å². The first-order chi connectivity index (χ1) is 14.1. The van der Waals surface area contributed by atoms with Crippen LogP contribution in [-0.2, 0) is 11.2 Å². The summed E-state index contributed by atoms with van der Waals surface area (Å²) in [5.41, 5.74) is 3.38. The fourth-order valence-corrected chi connectivity index (χ4v) is 4.63. The number of hydrogen-bond acceptors (Lipinski definition) is 4. The molecule has 5 nitrogen and oxygen atoms in total. The molecule has 0 unspecified atom stereocenters. The van der Waals surface area contributed by atoms with Gasteiger partial charge in [0.05, 0.1) is 19.1 Å². The summed E-state index contributed by atoms with van der Waals surface area (Å²) in [6.45, 7) is 2.39. The van der Waals surface area contributed by atoms with Crippen LogP contribution >= 0.6 is 0 Å². The van der Waals surface area contributed by atoms with E-state index in [-0.39, 0.29) is 23.7 Å². The fraction of sp³-hybridized carbons (Fsp3) is 0.435. The van der Waals surface area contributed by atoms with E-state index in [4.69, 9.17) is 4.74 Å². The van der Waals surface area contributed by atoms with Gasteiger partial charge in [0.25, 0.3) is 0 Å². The Kier molecular flexibility index (Phi) is 4.57. The molecule has 0 bridgehead atoms. The molecule has 5 rings (SSSR count). The second kappa shape index (κ2) is 7.25. The van der Waals surface area contributed by atoms with Crippen LogP contribution in [0.3, 0.4) is 0 Å². The molecular formula is C23H26FN3O2. The van der Waals surface area contributed by atoms with Crippen LogP contribution in [-0.4, -0.2) is 44.7 Å². The van der Waals surface area contributed by atoms with Crippen LogP contribution in [0, 0.1) is 11.7 Å². The number of piperazine rings is 1. The van der Waals surface area contributed by atoms with Gasteiger partial charge in [-0.3, -0.25) is 4.79 Å². The fourth-order valence-electron chi connectivity index (χ4n) is 4.63. The van der Waals surface area contributed by atoms with Crippen LogP contribution < -0.4 is 19.9 Å². The number of benzene rings is 2. The minimum Gasteiger partial charge on any atom is -0.497 e. The zero-order valence-electron chi connectivity index (χ0n) is 16.6. The summed E-state index contributed by atoms with van der Waals surface area (Å²) in [5.74, 6) is 0.668. The first-order valence-electron chi connectivity index (χ1n) is 10.4. The van der Waals surface area contributed by atoms with Crippen molar-refractivity contribution in [2.45, 2.75) is 31.3 Å². The first-order valence-corrected chi connectivity index (χ1v) is 10.4. The zero-order valence-corrected chi connectivity index (χ0v) is 16.6. The van der Waals surface area contributed by atoms with E-state index < -0.39 is 0 Å². The van der Waals surface area contributed by atoms with E-state index >= 15 is 0 Å². The van der Waals surface area contributed by atoms with Crippen molar-refractivity contribution >= 4 is 17.3 Å². The molecule has 1 saturated carbocycles. The van der Waals surface area contributed by atoms with Crippen LogP contribution in [0.15, 0.2) is 42.5 Å². The molecule has 2 aromatic rings. The summed E-state index contributed by atoms with van der Waals surface area (Å²) >= 11 is 0. The van der Waals surface area contributed by atoms with E-state index in [1.54, 1.807) is 7.11 Å². The largest absolute Gasteiger partial charge is 0.497 e. The van der Waals surface area contributed by atoms with Gasteiger partial charge >= 0.3 is 0 Å². The van der Waals surface area contributed by atoms with Gasteiger partial charge in [-0.15, -0.1) is 0 Å². The summed E-state index contributed by atoms with van der Waals surface area (Å²) < 4.78 is 18.8. The lowest BCUT2D eigenvalue weighted by molar-refractivity contribution is -0.126. The maximum Gasteiger partial charge on any atom is 0.225 e. The molecule has 1 aliphatic carbocycles. The van der Waals surface area contributed by atoms with Crippen molar-refractivity contribution in [1.82, 2.24) is 5.32 Å². The number of ether oxygens (including phenoxy) is 1. The summed E-state index contributed by atoms with van der Waals surface area (Å²) in [7, 11) is 1.68. The van der Waals surface area contributed by atoms with Gasteiger partial charge in [-0.2, -0.15) is 0 Å². The molecule has 152 valence electrons. The van der Waals surface area contributed by atoms with Crippen molar-refractivity contribution in [2.24, 2.45) is 5.92 Å². The van der Waals surface area contributed by atoms with Crippen molar-refractivity contribution in [3.05, 3.63) is 53.8 Å². The lowest BCUT2D eigenvalue weighted by Crippen LogP contribution is -2.61. The highest BCUT2D eigenvalue weighted by Gasteiger charge is 2.42. The van der Waals surface area contributed by atoms with Crippen LogP contribution in [0.5, 0.6) is 5.75 Å². The van der Waals surface area contributed by atoms with Crippen LogP contribution in [0.25, 0.3) is 0 Å². The number of rotatable bonds is 4. The Bertz CT molecular complexity index is 913. The van der Waals surface area contributed by atoms with Gasteiger partial charge < -0.3 is 19.9 Å². The highest BCUT2D eigenvalue weighted by molar-refractivity contribution is 5.83. The molecule has 2 heterocycles. The van der Waals surface area contributed by atoms with E-state index in [1.807, 2.05) is 18.2 Å². The summed E-state index contributed by atoms with van der Waals surface area (Å²) in [6, 6.07) is 13.2. The van der Waals surface area contributed by atoms with Crippen molar-refractivity contribution in [3.8, 4) is 5.75 Å². The normalized spacial score (nSPS) is 23.2.